The summed E-state index contributed by atoms with van der Waals surface area (Å²) in [6, 6.07) is 14.0. The number of nitrogens with zero attached hydrogens (tertiary/aromatic N) is 3. The molecule has 1 aliphatic rings. The lowest BCUT2D eigenvalue weighted by atomic mass is 9.95. The van der Waals surface area contributed by atoms with Crippen molar-refractivity contribution in [3.63, 3.8) is 0 Å². The molecule has 2 aromatic heterocycles. The lowest BCUT2D eigenvalue weighted by molar-refractivity contribution is 0.0672. The molecule has 0 radical (unpaired) electrons. The van der Waals surface area contributed by atoms with Gasteiger partial charge in [0.15, 0.2) is 0 Å². The minimum absolute atomic E-state index is 0.115. The van der Waals surface area contributed by atoms with Gasteiger partial charge >= 0.3 is 0 Å². The molecule has 1 aliphatic carbocycles. The van der Waals surface area contributed by atoms with Crippen molar-refractivity contribution in [2.75, 3.05) is 5.32 Å². The molecular formula is C23H22N4O2. The lowest BCUT2D eigenvalue weighted by Gasteiger charge is -2.26. The number of fused-ring (bicyclic) bond motifs is 2. The molecule has 2 N–H and O–H groups in total. The van der Waals surface area contributed by atoms with E-state index in [0.29, 0.717) is 5.95 Å². The quantitative estimate of drug-likeness (QED) is 0.533. The predicted molar refractivity (Wildman–Crippen MR) is 113 cm³/mol. The highest BCUT2D eigenvalue weighted by atomic mass is 16.5. The molecule has 5 rings (SSSR count). The molecule has 1 saturated carbocycles. The number of anilines is 2. The van der Waals surface area contributed by atoms with Gasteiger partial charge in [-0.05, 0) is 55.3 Å². The van der Waals surface area contributed by atoms with Gasteiger partial charge in [0.2, 0.25) is 5.95 Å². The fourth-order valence-corrected chi connectivity index (χ4v) is 3.82. The Hall–Kier alpha value is -3.25. The normalized spacial score (nSPS) is 19.3. The van der Waals surface area contributed by atoms with E-state index in [1.54, 1.807) is 6.20 Å². The van der Waals surface area contributed by atoms with Gasteiger partial charge in [0.05, 0.1) is 12.2 Å². The van der Waals surface area contributed by atoms with Crippen LogP contribution in [0.3, 0.4) is 0 Å². The first kappa shape index (κ1) is 17.8. The van der Waals surface area contributed by atoms with E-state index in [4.69, 9.17) is 9.72 Å². The third-order valence-electron chi connectivity index (χ3n) is 5.41. The van der Waals surface area contributed by atoms with Crippen LogP contribution >= 0.6 is 0 Å². The number of pyridine rings is 1. The molecule has 0 atom stereocenters. The molecule has 0 amide bonds. The molecule has 1 fully saturated rings. The fourth-order valence-electron chi connectivity index (χ4n) is 3.82. The summed E-state index contributed by atoms with van der Waals surface area (Å²) in [6.07, 6.45) is 8.66. The largest absolute Gasteiger partial charge is 0.488 e. The maximum Gasteiger partial charge on any atom is 0.227 e. The molecule has 6 heteroatoms. The molecule has 2 heterocycles. The predicted octanol–water partition coefficient (Wildman–Crippen LogP) is 4.60. The second-order valence-electron chi connectivity index (χ2n) is 7.50. The van der Waals surface area contributed by atoms with E-state index >= 15 is 0 Å². The first-order chi connectivity index (χ1) is 14.2. The van der Waals surface area contributed by atoms with Crippen LogP contribution in [0.15, 0.2) is 61.1 Å². The highest BCUT2D eigenvalue weighted by Crippen LogP contribution is 2.29. The first-order valence-corrected chi connectivity index (χ1v) is 9.96. The van der Waals surface area contributed by atoms with Crippen molar-refractivity contribution in [1.82, 2.24) is 15.0 Å². The van der Waals surface area contributed by atoms with Gasteiger partial charge in [0.1, 0.15) is 11.3 Å². The molecule has 0 unspecified atom stereocenters. The standard InChI is InChI=1S/C23H22N4O2/c28-19-6-8-20(9-7-19)29-21-3-1-2-17-14-25-23(27-22(17)21)26-18-5-4-16-13-24-11-10-15(16)12-18/h1-5,10-14,19-20,28H,6-9H2,(H,25,26,27). The third kappa shape index (κ3) is 3.84. The third-order valence-corrected chi connectivity index (χ3v) is 5.41. The smallest absolute Gasteiger partial charge is 0.227 e. The van der Waals surface area contributed by atoms with Crippen molar-refractivity contribution in [2.24, 2.45) is 0 Å². The topological polar surface area (TPSA) is 80.2 Å². The number of para-hydroxylation sites is 1. The summed E-state index contributed by atoms with van der Waals surface area (Å²) in [7, 11) is 0. The van der Waals surface area contributed by atoms with Crippen LogP contribution in [-0.2, 0) is 0 Å². The number of rotatable bonds is 4. The van der Waals surface area contributed by atoms with Gasteiger partial charge in [0, 0.05) is 35.1 Å². The molecule has 2 aromatic carbocycles. The van der Waals surface area contributed by atoms with Gasteiger partial charge in [-0.1, -0.05) is 18.2 Å². The highest BCUT2D eigenvalue weighted by Gasteiger charge is 2.21. The molecule has 0 spiro atoms. The maximum atomic E-state index is 9.72. The van der Waals surface area contributed by atoms with Gasteiger partial charge in [-0.25, -0.2) is 9.97 Å². The Bertz CT molecular complexity index is 1160. The van der Waals surface area contributed by atoms with Crippen molar-refractivity contribution >= 4 is 33.3 Å². The van der Waals surface area contributed by atoms with Crippen LogP contribution < -0.4 is 10.1 Å². The van der Waals surface area contributed by atoms with E-state index in [1.807, 2.05) is 48.8 Å². The minimum atomic E-state index is -0.196. The van der Waals surface area contributed by atoms with Crippen LogP contribution in [-0.4, -0.2) is 32.3 Å². The van der Waals surface area contributed by atoms with Crippen molar-refractivity contribution in [3.8, 4) is 5.75 Å². The Morgan fingerprint density at radius 2 is 1.83 bits per heavy atom. The van der Waals surface area contributed by atoms with Crippen molar-refractivity contribution < 1.29 is 9.84 Å². The zero-order valence-corrected chi connectivity index (χ0v) is 16.0. The van der Waals surface area contributed by atoms with Crippen LogP contribution in [0.1, 0.15) is 25.7 Å². The number of aromatic nitrogens is 3. The van der Waals surface area contributed by atoms with Crippen LogP contribution in [0.4, 0.5) is 11.6 Å². The first-order valence-electron chi connectivity index (χ1n) is 9.96. The Morgan fingerprint density at radius 3 is 2.72 bits per heavy atom. The van der Waals surface area contributed by atoms with Crippen molar-refractivity contribution in [1.29, 1.82) is 0 Å². The van der Waals surface area contributed by atoms with Gasteiger partial charge < -0.3 is 15.2 Å². The second-order valence-corrected chi connectivity index (χ2v) is 7.50. The van der Waals surface area contributed by atoms with E-state index < -0.39 is 0 Å². The molecule has 29 heavy (non-hydrogen) atoms. The number of nitrogens with one attached hydrogen (secondary N) is 1. The Morgan fingerprint density at radius 1 is 0.931 bits per heavy atom. The summed E-state index contributed by atoms with van der Waals surface area (Å²) < 4.78 is 6.24. The zero-order valence-electron chi connectivity index (χ0n) is 16.0. The van der Waals surface area contributed by atoms with Gasteiger partial charge in [0.25, 0.3) is 0 Å². The SMILES string of the molecule is OC1CCC(Oc2cccc3cnc(Nc4ccc5cnccc5c4)nc23)CC1. The maximum absolute atomic E-state index is 9.72. The summed E-state index contributed by atoms with van der Waals surface area (Å²) in [5, 5.41) is 16.1. The summed E-state index contributed by atoms with van der Waals surface area (Å²) in [5.41, 5.74) is 1.71. The number of aliphatic hydroxyl groups excluding tert-OH is 1. The Labute approximate surface area is 168 Å². The average molecular weight is 386 g/mol. The average Bonchev–Trinajstić information content (AvgIpc) is 2.76. The Balaban J connectivity index is 1.42. The van der Waals surface area contributed by atoms with Crippen molar-refractivity contribution in [2.45, 2.75) is 37.9 Å². The second kappa shape index (κ2) is 7.64. The summed E-state index contributed by atoms with van der Waals surface area (Å²) in [4.78, 5) is 13.3. The molecule has 0 aliphatic heterocycles. The molecular weight excluding hydrogens is 364 g/mol. The monoisotopic (exact) mass is 386 g/mol. The van der Waals surface area contributed by atoms with E-state index in [-0.39, 0.29) is 12.2 Å². The van der Waals surface area contributed by atoms with E-state index in [9.17, 15) is 5.11 Å². The van der Waals surface area contributed by atoms with Crippen molar-refractivity contribution in [3.05, 3.63) is 61.1 Å². The molecule has 146 valence electrons. The molecule has 0 saturated heterocycles. The van der Waals surface area contributed by atoms with E-state index in [0.717, 1.165) is 58.8 Å². The number of ether oxygens (including phenoxy) is 1. The number of hydrogen-bond acceptors (Lipinski definition) is 6. The molecule has 6 nitrogen and oxygen atoms in total. The Kier molecular flexibility index (Phi) is 4.69. The highest BCUT2D eigenvalue weighted by molar-refractivity contribution is 5.87. The van der Waals surface area contributed by atoms with Crippen LogP contribution in [0, 0.1) is 0 Å². The van der Waals surface area contributed by atoms with E-state index in [1.165, 1.54) is 0 Å². The minimum Gasteiger partial charge on any atom is -0.488 e. The zero-order chi connectivity index (χ0) is 19.6. The number of benzene rings is 2. The summed E-state index contributed by atoms with van der Waals surface area (Å²) in [6.45, 7) is 0. The van der Waals surface area contributed by atoms with Crippen LogP contribution in [0.5, 0.6) is 5.75 Å². The summed E-state index contributed by atoms with van der Waals surface area (Å²) in [5.74, 6) is 1.29. The van der Waals surface area contributed by atoms with E-state index in [2.05, 4.69) is 21.4 Å². The van der Waals surface area contributed by atoms with Gasteiger partial charge in [-0.15, -0.1) is 0 Å². The van der Waals surface area contributed by atoms with Crippen LogP contribution in [0.25, 0.3) is 21.7 Å². The summed E-state index contributed by atoms with van der Waals surface area (Å²) >= 11 is 0. The fraction of sp³-hybridized carbons (Fsp3) is 0.261. The van der Waals surface area contributed by atoms with Gasteiger partial charge in [-0.2, -0.15) is 0 Å². The number of aliphatic hydroxyl groups is 1. The molecule has 0 bridgehead atoms. The number of hydrogen-bond donors (Lipinski definition) is 2. The van der Waals surface area contributed by atoms with Gasteiger partial charge in [-0.3, -0.25) is 4.98 Å². The lowest BCUT2D eigenvalue weighted by Crippen LogP contribution is -2.26. The van der Waals surface area contributed by atoms with Crippen LogP contribution in [0.2, 0.25) is 0 Å². The molecule has 4 aromatic rings.